The second kappa shape index (κ2) is 7.12. The molecule has 3 N–H and O–H groups in total. The molecule has 1 aliphatic heterocycles. The number of aromatic nitrogens is 3. The van der Waals surface area contributed by atoms with E-state index in [4.69, 9.17) is 11.6 Å². The zero-order valence-corrected chi connectivity index (χ0v) is 16.4. The van der Waals surface area contributed by atoms with Gasteiger partial charge in [0.15, 0.2) is 0 Å². The highest BCUT2D eigenvalue weighted by molar-refractivity contribution is 7.98. The molecule has 0 radical (unpaired) electrons. The van der Waals surface area contributed by atoms with E-state index in [2.05, 4.69) is 15.4 Å². The Morgan fingerprint density at radius 3 is 2.46 bits per heavy atom. The molecule has 0 fully saturated rings. The fourth-order valence-electron chi connectivity index (χ4n) is 3.55. The largest absolute Gasteiger partial charge is 0.478 e. The number of carbonyl (C=O) groups is 1. The summed E-state index contributed by atoms with van der Waals surface area (Å²) in [5, 5.41) is 30.0. The molecule has 2 heterocycles. The Morgan fingerprint density at radius 2 is 1.86 bits per heavy atom. The van der Waals surface area contributed by atoms with Crippen LogP contribution in [0.15, 0.2) is 59.8 Å². The minimum atomic E-state index is -2.33. The van der Waals surface area contributed by atoms with Crippen molar-refractivity contribution < 1.29 is 15.0 Å². The van der Waals surface area contributed by atoms with E-state index in [1.807, 2.05) is 6.07 Å². The smallest absolute Gasteiger partial charge is 0.360 e. The van der Waals surface area contributed by atoms with Gasteiger partial charge in [-0.3, -0.25) is 0 Å². The van der Waals surface area contributed by atoms with Crippen molar-refractivity contribution in [3.63, 3.8) is 0 Å². The number of carboxylic acids is 1. The molecule has 1 aliphatic rings. The fraction of sp³-hybridized carbons (Fsp3) is 0.211. The van der Waals surface area contributed by atoms with Gasteiger partial charge in [0.1, 0.15) is 0 Å². The maximum Gasteiger partial charge on any atom is 0.360 e. The number of nitrogens with zero attached hydrogens (tertiary/aromatic N) is 3. The molecule has 0 unspecified atom stereocenters. The van der Waals surface area contributed by atoms with E-state index < -0.39 is 23.7 Å². The first kappa shape index (κ1) is 18.8. The van der Waals surface area contributed by atoms with Crippen LogP contribution in [-0.4, -0.2) is 37.2 Å². The van der Waals surface area contributed by atoms with Crippen LogP contribution in [0, 0.1) is 0 Å². The van der Waals surface area contributed by atoms with Crippen LogP contribution in [0.4, 0.5) is 5.95 Å². The average Bonchev–Trinajstić information content (AvgIpc) is 3.13. The molecule has 0 bridgehead atoms. The van der Waals surface area contributed by atoms with Crippen LogP contribution < -0.4 is 5.32 Å². The van der Waals surface area contributed by atoms with Gasteiger partial charge >= 0.3 is 5.97 Å². The Morgan fingerprint density at radius 1 is 1.18 bits per heavy atom. The van der Waals surface area contributed by atoms with E-state index in [-0.39, 0.29) is 5.95 Å². The van der Waals surface area contributed by atoms with E-state index in [0.29, 0.717) is 15.7 Å². The van der Waals surface area contributed by atoms with Gasteiger partial charge in [-0.05, 0) is 29.5 Å². The molecule has 0 amide bonds. The number of nitrogens with one attached hydrogen (secondary N) is 1. The molecule has 144 valence electrons. The number of thioether (sulfide) groups is 1. The van der Waals surface area contributed by atoms with Crippen molar-refractivity contribution in [2.45, 2.75) is 22.8 Å². The van der Waals surface area contributed by atoms with Crippen molar-refractivity contribution in [2.75, 3.05) is 11.6 Å². The van der Waals surface area contributed by atoms with Crippen LogP contribution in [0.25, 0.3) is 0 Å². The Kier molecular flexibility index (Phi) is 4.78. The first-order valence-electron chi connectivity index (χ1n) is 8.49. The molecule has 4 rings (SSSR count). The van der Waals surface area contributed by atoms with Crippen LogP contribution in [-0.2, 0) is 10.5 Å². The molecule has 3 atom stereocenters. The summed E-state index contributed by atoms with van der Waals surface area (Å²) in [6.45, 7) is 0. The number of rotatable bonds is 4. The lowest BCUT2D eigenvalue weighted by molar-refractivity contribution is -0.179. The van der Waals surface area contributed by atoms with Gasteiger partial charge in [0.05, 0.1) is 12.0 Å². The van der Waals surface area contributed by atoms with E-state index in [1.54, 1.807) is 54.8 Å². The molecule has 28 heavy (non-hydrogen) atoms. The summed E-state index contributed by atoms with van der Waals surface area (Å²) >= 11 is 7.29. The third-order valence-electron chi connectivity index (χ3n) is 4.85. The number of fused-ring (bicyclic) bond motifs is 1. The molecule has 2 aromatic carbocycles. The van der Waals surface area contributed by atoms with Gasteiger partial charge in [-0.25, -0.2) is 4.79 Å². The number of aliphatic hydroxyl groups is 1. The molecule has 3 aromatic rings. The summed E-state index contributed by atoms with van der Waals surface area (Å²) in [4.78, 5) is 16.7. The standard InChI is InChI=1S/C19H17ClN4O3S/c1-28-18-22-17-21-15(12-7-9-13(20)10-8-12)14(11-5-3-2-4-6-11)19(27,16(25)26)24(17)23-18/h2-10,14-15,27H,1H3,(H,25,26)(H,21,22,23)/t14-,15+,19+/m0/s1. The third-order valence-corrected chi connectivity index (χ3v) is 5.64. The molecule has 9 heteroatoms. The number of anilines is 1. The minimum Gasteiger partial charge on any atom is -0.478 e. The van der Waals surface area contributed by atoms with E-state index >= 15 is 0 Å². The van der Waals surface area contributed by atoms with Crippen molar-refractivity contribution in [3.8, 4) is 0 Å². The van der Waals surface area contributed by atoms with Crippen molar-refractivity contribution >= 4 is 35.3 Å². The second-order valence-corrected chi connectivity index (χ2v) is 7.64. The van der Waals surface area contributed by atoms with Gasteiger partial charge in [0, 0.05) is 5.02 Å². The van der Waals surface area contributed by atoms with Gasteiger partial charge in [-0.15, -0.1) is 5.10 Å². The summed E-state index contributed by atoms with van der Waals surface area (Å²) in [6, 6.07) is 15.5. The van der Waals surface area contributed by atoms with Crippen LogP contribution >= 0.6 is 23.4 Å². The molecule has 7 nitrogen and oxygen atoms in total. The minimum absolute atomic E-state index is 0.196. The van der Waals surface area contributed by atoms with E-state index in [0.717, 1.165) is 10.2 Å². The van der Waals surface area contributed by atoms with E-state index in [1.165, 1.54) is 11.8 Å². The first-order valence-corrected chi connectivity index (χ1v) is 10.1. The Bertz CT molecular complexity index is 1010. The van der Waals surface area contributed by atoms with Crippen LogP contribution in [0.2, 0.25) is 5.02 Å². The lowest BCUT2D eigenvalue weighted by atomic mass is 9.78. The highest BCUT2D eigenvalue weighted by atomic mass is 35.5. The Hall–Kier alpha value is -2.55. The van der Waals surface area contributed by atoms with Gasteiger partial charge in [0.25, 0.3) is 5.72 Å². The zero-order chi connectivity index (χ0) is 19.9. The SMILES string of the molecule is CSc1nc2n(n1)[C@](O)(C(=O)O)[C@@H](c1ccccc1)[C@@H](c1ccc(Cl)cc1)N2. The van der Waals surface area contributed by atoms with Crippen molar-refractivity contribution in [2.24, 2.45) is 0 Å². The Labute approximate surface area is 170 Å². The molecule has 1 aromatic heterocycles. The van der Waals surface area contributed by atoms with Gasteiger partial charge in [-0.1, -0.05) is 65.8 Å². The second-order valence-electron chi connectivity index (χ2n) is 6.43. The predicted octanol–water partition coefficient (Wildman–Crippen LogP) is 3.33. The lowest BCUT2D eigenvalue weighted by Gasteiger charge is -2.42. The highest BCUT2D eigenvalue weighted by Gasteiger charge is 2.56. The summed E-state index contributed by atoms with van der Waals surface area (Å²) in [6.07, 6.45) is 1.78. The van der Waals surface area contributed by atoms with Gasteiger partial charge in [0.2, 0.25) is 11.1 Å². The topological polar surface area (TPSA) is 100 Å². The summed E-state index contributed by atoms with van der Waals surface area (Å²) in [7, 11) is 0. The quantitative estimate of drug-likeness (QED) is 0.561. The molecule has 0 spiro atoms. The number of hydrogen-bond donors (Lipinski definition) is 3. The summed E-state index contributed by atoms with van der Waals surface area (Å²) in [5.41, 5.74) is -0.891. The van der Waals surface area contributed by atoms with Crippen LogP contribution in [0.3, 0.4) is 0 Å². The number of aliphatic carboxylic acids is 1. The number of carboxylic acid groups (broad SMARTS) is 1. The van der Waals surface area contributed by atoms with Crippen molar-refractivity contribution in [3.05, 3.63) is 70.7 Å². The molecule has 0 saturated carbocycles. The Balaban J connectivity index is 1.96. The lowest BCUT2D eigenvalue weighted by Crippen LogP contribution is -2.54. The number of hydrogen-bond acceptors (Lipinski definition) is 6. The summed E-state index contributed by atoms with van der Waals surface area (Å²) < 4.78 is 1.06. The molecule has 0 saturated heterocycles. The maximum absolute atomic E-state index is 12.4. The van der Waals surface area contributed by atoms with E-state index in [9.17, 15) is 15.0 Å². The fourth-order valence-corrected chi connectivity index (χ4v) is 4.02. The maximum atomic E-state index is 12.4. The highest BCUT2D eigenvalue weighted by Crippen LogP contribution is 2.48. The summed E-state index contributed by atoms with van der Waals surface area (Å²) in [5.74, 6) is -2.07. The van der Waals surface area contributed by atoms with Crippen LogP contribution in [0.1, 0.15) is 23.1 Å². The van der Waals surface area contributed by atoms with Crippen molar-refractivity contribution in [1.29, 1.82) is 0 Å². The third kappa shape index (κ3) is 2.94. The normalized spacial score (nSPS) is 23.7. The van der Waals surface area contributed by atoms with Gasteiger partial charge < -0.3 is 15.5 Å². The average molecular weight is 417 g/mol. The van der Waals surface area contributed by atoms with Crippen molar-refractivity contribution in [1.82, 2.24) is 14.8 Å². The molecular formula is C19H17ClN4O3S. The first-order chi connectivity index (χ1) is 13.4. The zero-order valence-electron chi connectivity index (χ0n) is 14.8. The molecule has 0 aliphatic carbocycles. The number of benzene rings is 2. The molecular weight excluding hydrogens is 400 g/mol. The van der Waals surface area contributed by atoms with Crippen LogP contribution in [0.5, 0.6) is 0 Å². The van der Waals surface area contributed by atoms with Gasteiger partial charge in [-0.2, -0.15) is 9.67 Å². The number of halogens is 1. The monoisotopic (exact) mass is 416 g/mol. The predicted molar refractivity (Wildman–Crippen MR) is 107 cm³/mol.